The van der Waals surface area contributed by atoms with Crippen molar-refractivity contribution in [2.75, 3.05) is 15.8 Å². The summed E-state index contributed by atoms with van der Waals surface area (Å²) in [5.41, 5.74) is 0.699. The Bertz CT molecular complexity index is 754. The summed E-state index contributed by atoms with van der Waals surface area (Å²) in [6.07, 6.45) is 1.82. The molecule has 1 aliphatic rings. The summed E-state index contributed by atoms with van der Waals surface area (Å²) >= 11 is 0. The first kappa shape index (κ1) is 18.3. The van der Waals surface area contributed by atoms with Crippen molar-refractivity contribution in [3.8, 4) is 0 Å². The summed E-state index contributed by atoms with van der Waals surface area (Å²) in [5, 5.41) is 12.0. The molecular weight excluding hydrogens is 332 g/mol. The fourth-order valence-electron chi connectivity index (χ4n) is 2.68. The van der Waals surface area contributed by atoms with Gasteiger partial charge in [-0.25, -0.2) is 8.42 Å². The van der Waals surface area contributed by atoms with Gasteiger partial charge in [0.1, 0.15) is 0 Å². The molecule has 1 aromatic rings. The van der Waals surface area contributed by atoms with Gasteiger partial charge in [0.25, 0.3) is 0 Å². The lowest BCUT2D eigenvalue weighted by Crippen LogP contribution is -2.41. The van der Waals surface area contributed by atoms with Crippen molar-refractivity contribution < 1.29 is 23.1 Å². The highest BCUT2D eigenvalue weighted by atomic mass is 32.2. The van der Waals surface area contributed by atoms with Gasteiger partial charge in [0.2, 0.25) is 15.9 Å². The number of hydrogen-bond acceptors (Lipinski definition) is 4. The lowest BCUT2D eigenvalue weighted by molar-refractivity contribution is -0.157. The number of carbonyl (C=O) groups is 2. The van der Waals surface area contributed by atoms with Crippen molar-refractivity contribution in [1.82, 2.24) is 0 Å². The van der Waals surface area contributed by atoms with Gasteiger partial charge in [-0.15, -0.1) is 0 Å². The zero-order valence-corrected chi connectivity index (χ0v) is 14.6. The minimum atomic E-state index is -3.36. The van der Waals surface area contributed by atoms with Crippen molar-refractivity contribution in [2.45, 2.75) is 39.5 Å². The van der Waals surface area contributed by atoms with E-state index in [1.165, 1.54) is 0 Å². The van der Waals surface area contributed by atoms with Gasteiger partial charge in [-0.1, -0.05) is 6.42 Å². The maximum atomic E-state index is 12.1. The molecule has 8 heteroatoms. The van der Waals surface area contributed by atoms with E-state index in [0.29, 0.717) is 29.8 Å². The summed E-state index contributed by atoms with van der Waals surface area (Å²) in [6.45, 7) is 3.28. The molecule has 1 saturated carbocycles. The minimum absolute atomic E-state index is 0.0256. The standard InChI is InChI=1S/C16H22N2O5S/c1-3-24(22,23)18-13-6-5-12(9-11(13)2)17-14(19)10-16(15(20)21)7-4-8-16/h5-6,9,18H,3-4,7-8,10H2,1-2H3,(H,17,19)(H,20,21). The molecule has 0 aliphatic heterocycles. The maximum Gasteiger partial charge on any atom is 0.310 e. The quantitative estimate of drug-likeness (QED) is 0.696. The topological polar surface area (TPSA) is 113 Å². The van der Waals surface area contributed by atoms with Crippen molar-refractivity contribution in [1.29, 1.82) is 0 Å². The van der Waals surface area contributed by atoms with Gasteiger partial charge < -0.3 is 10.4 Å². The van der Waals surface area contributed by atoms with E-state index in [0.717, 1.165) is 6.42 Å². The van der Waals surface area contributed by atoms with Crippen LogP contribution in [0, 0.1) is 12.3 Å². The highest BCUT2D eigenvalue weighted by molar-refractivity contribution is 7.92. The Morgan fingerprint density at radius 2 is 1.96 bits per heavy atom. The third kappa shape index (κ3) is 4.05. The van der Waals surface area contributed by atoms with Crippen LogP contribution in [0.25, 0.3) is 0 Å². The molecular formula is C16H22N2O5S. The van der Waals surface area contributed by atoms with Gasteiger partial charge in [0.05, 0.1) is 16.9 Å². The van der Waals surface area contributed by atoms with E-state index in [-0.39, 0.29) is 18.1 Å². The van der Waals surface area contributed by atoms with E-state index in [9.17, 15) is 23.1 Å². The normalized spacial score (nSPS) is 16.1. The largest absolute Gasteiger partial charge is 0.481 e. The zero-order chi connectivity index (χ0) is 18.0. The SMILES string of the molecule is CCS(=O)(=O)Nc1ccc(NC(=O)CC2(C(=O)O)CCC2)cc1C. The molecule has 1 aliphatic carbocycles. The van der Waals surface area contributed by atoms with Crippen LogP contribution in [0.15, 0.2) is 18.2 Å². The van der Waals surface area contributed by atoms with E-state index in [1.54, 1.807) is 32.0 Å². The molecule has 0 atom stereocenters. The smallest absolute Gasteiger partial charge is 0.310 e. The van der Waals surface area contributed by atoms with Gasteiger partial charge in [-0.2, -0.15) is 0 Å². The molecule has 1 amide bonds. The fourth-order valence-corrected chi connectivity index (χ4v) is 3.39. The lowest BCUT2D eigenvalue weighted by atomic mass is 9.66. The van der Waals surface area contributed by atoms with Crippen molar-refractivity contribution >= 4 is 33.3 Å². The van der Waals surface area contributed by atoms with Gasteiger partial charge in [-0.05, 0) is 50.5 Å². The molecule has 0 bridgehead atoms. The molecule has 0 spiro atoms. The predicted molar refractivity (Wildman–Crippen MR) is 91.4 cm³/mol. The van der Waals surface area contributed by atoms with Crippen molar-refractivity contribution in [3.05, 3.63) is 23.8 Å². The first-order valence-corrected chi connectivity index (χ1v) is 9.47. The van der Waals surface area contributed by atoms with Crippen LogP contribution in [0.2, 0.25) is 0 Å². The number of aliphatic carboxylic acids is 1. The summed E-state index contributed by atoms with van der Waals surface area (Å²) in [5.74, 6) is -1.30. The van der Waals surface area contributed by atoms with Gasteiger partial charge >= 0.3 is 5.97 Å². The summed E-state index contributed by atoms with van der Waals surface area (Å²) < 4.78 is 25.7. The summed E-state index contributed by atoms with van der Waals surface area (Å²) in [4.78, 5) is 23.4. The number of carbonyl (C=O) groups excluding carboxylic acids is 1. The Morgan fingerprint density at radius 1 is 1.29 bits per heavy atom. The van der Waals surface area contributed by atoms with Crippen LogP contribution in [-0.2, 0) is 19.6 Å². The van der Waals surface area contributed by atoms with Crippen LogP contribution in [0.4, 0.5) is 11.4 Å². The number of anilines is 2. The first-order valence-electron chi connectivity index (χ1n) is 7.82. The molecule has 1 fully saturated rings. The fraction of sp³-hybridized carbons (Fsp3) is 0.500. The molecule has 1 aromatic carbocycles. The predicted octanol–water partition coefficient (Wildman–Crippen LogP) is 2.34. The number of aryl methyl sites for hydroxylation is 1. The van der Waals surface area contributed by atoms with Crippen LogP contribution in [-0.4, -0.2) is 31.2 Å². The number of rotatable bonds is 7. The Labute approximate surface area is 141 Å². The first-order chi connectivity index (χ1) is 11.2. The Hall–Kier alpha value is -2.09. The van der Waals surface area contributed by atoms with E-state index in [1.807, 2.05) is 0 Å². The lowest BCUT2D eigenvalue weighted by Gasteiger charge is -2.36. The molecule has 0 unspecified atom stereocenters. The van der Waals surface area contributed by atoms with Crippen LogP contribution < -0.4 is 10.0 Å². The number of benzene rings is 1. The van der Waals surface area contributed by atoms with E-state index >= 15 is 0 Å². The molecule has 0 radical (unpaired) electrons. The second-order valence-electron chi connectivity index (χ2n) is 6.20. The number of hydrogen-bond donors (Lipinski definition) is 3. The zero-order valence-electron chi connectivity index (χ0n) is 13.8. The van der Waals surface area contributed by atoms with Gasteiger partial charge in [0.15, 0.2) is 0 Å². The van der Waals surface area contributed by atoms with Crippen molar-refractivity contribution in [3.63, 3.8) is 0 Å². The monoisotopic (exact) mass is 354 g/mol. The molecule has 0 saturated heterocycles. The molecule has 24 heavy (non-hydrogen) atoms. The van der Waals surface area contributed by atoms with Crippen LogP contribution in [0.1, 0.15) is 38.2 Å². The van der Waals surface area contributed by atoms with Crippen LogP contribution in [0.5, 0.6) is 0 Å². The van der Waals surface area contributed by atoms with Gasteiger partial charge in [0, 0.05) is 12.1 Å². The number of nitrogens with one attached hydrogen (secondary N) is 2. The van der Waals surface area contributed by atoms with Crippen molar-refractivity contribution in [2.24, 2.45) is 5.41 Å². The molecule has 132 valence electrons. The number of amides is 1. The molecule has 3 N–H and O–H groups in total. The number of carboxylic acids is 1. The average molecular weight is 354 g/mol. The van der Waals surface area contributed by atoms with Crippen LogP contribution in [0.3, 0.4) is 0 Å². The Kier molecular flexibility index (Phi) is 5.17. The third-order valence-electron chi connectivity index (χ3n) is 4.42. The number of carboxylic acid groups (broad SMARTS) is 1. The molecule has 7 nitrogen and oxygen atoms in total. The van der Waals surface area contributed by atoms with Gasteiger partial charge in [-0.3, -0.25) is 14.3 Å². The van der Waals surface area contributed by atoms with E-state index < -0.39 is 21.4 Å². The second-order valence-corrected chi connectivity index (χ2v) is 8.21. The van der Waals surface area contributed by atoms with E-state index in [4.69, 9.17) is 0 Å². The third-order valence-corrected chi connectivity index (χ3v) is 5.71. The minimum Gasteiger partial charge on any atom is -0.481 e. The van der Waals surface area contributed by atoms with E-state index in [2.05, 4.69) is 10.0 Å². The molecule has 0 heterocycles. The Morgan fingerprint density at radius 3 is 2.42 bits per heavy atom. The highest BCUT2D eigenvalue weighted by Gasteiger charge is 2.45. The summed E-state index contributed by atoms with van der Waals surface area (Å²) in [6, 6.07) is 4.82. The van der Waals surface area contributed by atoms with Crippen LogP contribution >= 0.6 is 0 Å². The number of sulfonamides is 1. The average Bonchev–Trinajstić information content (AvgIpc) is 2.45. The molecule has 0 aromatic heterocycles. The highest BCUT2D eigenvalue weighted by Crippen LogP contribution is 2.44. The Balaban J connectivity index is 2.04. The molecule has 2 rings (SSSR count). The second kappa shape index (κ2) is 6.80. The summed E-state index contributed by atoms with van der Waals surface area (Å²) in [7, 11) is -3.36. The maximum absolute atomic E-state index is 12.1.